The molecular weight excluding hydrogens is 220 g/mol. The molecule has 94 valence electrons. The molecule has 0 aliphatic carbocycles. The van der Waals surface area contributed by atoms with Crippen molar-refractivity contribution in [3.05, 3.63) is 32.6 Å². The lowest BCUT2D eigenvalue weighted by Gasteiger charge is -2.09. The molecule has 0 aliphatic rings. The average molecular weight is 238 g/mol. The number of nitrogens with zero attached hydrogens (tertiary/aromatic N) is 1. The fraction of sp³-hybridized carbons (Fsp3) is 0.583. The van der Waals surface area contributed by atoms with E-state index in [4.69, 9.17) is 0 Å². The lowest BCUT2D eigenvalue weighted by Crippen LogP contribution is -2.34. The van der Waals surface area contributed by atoms with Gasteiger partial charge in [0.2, 0.25) is 0 Å². The number of H-pyrrole nitrogens is 1. The Kier molecular flexibility index (Phi) is 4.43. The van der Waals surface area contributed by atoms with Gasteiger partial charge in [0, 0.05) is 17.7 Å². The summed E-state index contributed by atoms with van der Waals surface area (Å²) in [4.78, 5) is 36.8. The number of ketones is 1. The molecule has 17 heavy (non-hydrogen) atoms. The van der Waals surface area contributed by atoms with Gasteiger partial charge in [0.25, 0.3) is 5.56 Å². The molecule has 1 N–H and O–H groups in total. The molecule has 0 spiro atoms. The highest BCUT2D eigenvalue weighted by atomic mass is 16.2. The van der Waals surface area contributed by atoms with Crippen LogP contribution >= 0.6 is 0 Å². The van der Waals surface area contributed by atoms with Crippen LogP contribution in [0.1, 0.15) is 32.8 Å². The second-order valence-corrected chi connectivity index (χ2v) is 4.17. The highest BCUT2D eigenvalue weighted by Crippen LogP contribution is 2.03. The predicted octanol–water partition coefficient (Wildman–Crippen LogP) is 0.714. The van der Waals surface area contributed by atoms with Gasteiger partial charge < -0.3 is 0 Å². The van der Waals surface area contributed by atoms with Crippen LogP contribution in [-0.4, -0.2) is 15.3 Å². The highest BCUT2D eigenvalue weighted by Gasteiger charge is 2.12. The zero-order valence-corrected chi connectivity index (χ0v) is 10.4. The van der Waals surface area contributed by atoms with E-state index in [9.17, 15) is 14.4 Å². The highest BCUT2D eigenvalue weighted by molar-refractivity contribution is 5.80. The molecule has 0 aromatic carbocycles. The maximum Gasteiger partial charge on any atom is 0.328 e. The number of carbonyl (C=O) groups is 1. The third kappa shape index (κ3) is 3.15. The lowest BCUT2D eigenvalue weighted by atomic mass is 10.0. The third-order valence-electron chi connectivity index (χ3n) is 2.95. The number of hydrogen-bond acceptors (Lipinski definition) is 3. The summed E-state index contributed by atoms with van der Waals surface area (Å²) in [6.07, 6.45) is 2.76. The number of carbonyl (C=O) groups excluding carboxylic acids is 1. The van der Waals surface area contributed by atoms with Gasteiger partial charge in [0.05, 0.1) is 6.54 Å². The average Bonchev–Trinajstić information content (AvgIpc) is 2.31. The van der Waals surface area contributed by atoms with Crippen molar-refractivity contribution in [2.24, 2.45) is 5.92 Å². The molecule has 5 heteroatoms. The number of aromatic nitrogens is 2. The Morgan fingerprint density at radius 2 is 2.06 bits per heavy atom. The Morgan fingerprint density at radius 1 is 1.41 bits per heavy atom. The smallest absolute Gasteiger partial charge is 0.297 e. The Morgan fingerprint density at radius 3 is 2.59 bits per heavy atom. The Balaban J connectivity index is 3.03. The first-order valence-corrected chi connectivity index (χ1v) is 5.84. The number of aryl methyl sites for hydroxylation is 1. The van der Waals surface area contributed by atoms with E-state index in [0.29, 0.717) is 12.0 Å². The number of nitrogens with one attached hydrogen (secondary N) is 1. The van der Waals surface area contributed by atoms with Crippen molar-refractivity contribution >= 4 is 5.78 Å². The second-order valence-electron chi connectivity index (χ2n) is 4.17. The number of rotatable bonds is 5. The fourth-order valence-corrected chi connectivity index (χ4v) is 1.48. The minimum atomic E-state index is -0.524. The van der Waals surface area contributed by atoms with Crippen LogP contribution in [-0.2, 0) is 17.8 Å². The molecule has 1 unspecified atom stereocenters. The molecule has 0 amide bonds. The summed E-state index contributed by atoms with van der Waals surface area (Å²) in [5.74, 6) is -0.0670. The number of aromatic amines is 1. The van der Waals surface area contributed by atoms with Crippen molar-refractivity contribution in [3.63, 3.8) is 0 Å². The molecule has 1 aromatic heterocycles. The van der Waals surface area contributed by atoms with Crippen LogP contribution in [0.3, 0.4) is 0 Å². The zero-order chi connectivity index (χ0) is 13.0. The van der Waals surface area contributed by atoms with Gasteiger partial charge in [-0.05, 0) is 12.8 Å². The molecule has 1 rings (SSSR count). The first-order valence-electron chi connectivity index (χ1n) is 5.84. The molecule has 1 atom stereocenters. The third-order valence-corrected chi connectivity index (χ3v) is 2.95. The topological polar surface area (TPSA) is 71.9 Å². The van der Waals surface area contributed by atoms with Crippen molar-refractivity contribution in [3.8, 4) is 0 Å². The molecule has 0 bridgehead atoms. The van der Waals surface area contributed by atoms with Crippen LogP contribution < -0.4 is 11.2 Å². The van der Waals surface area contributed by atoms with Crippen molar-refractivity contribution in [2.75, 3.05) is 0 Å². The summed E-state index contributed by atoms with van der Waals surface area (Å²) in [6.45, 7) is 5.61. The quantitative estimate of drug-likeness (QED) is 0.821. The second kappa shape index (κ2) is 5.61. The summed E-state index contributed by atoms with van der Waals surface area (Å²) in [5, 5.41) is 0. The monoisotopic (exact) mass is 238 g/mol. The predicted molar refractivity (Wildman–Crippen MR) is 65.2 cm³/mol. The molecule has 0 aliphatic heterocycles. The molecule has 1 aromatic rings. The van der Waals surface area contributed by atoms with Gasteiger partial charge in [0.1, 0.15) is 0 Å². The van der Waals surface area contributed by atoms with Gasteiger partial charge in [-0.1, -0.05) is 20.8 Å². The summed E-state index contributed by atoms with van der Waals surface area (Å²) in [7, 11) is 0. The van der Waals surface area contributed by atoms with Crippen LogP contribution in [0, 0.1) is 5.92 Å². The van der Waals surface area contributed by atoms with Crippen molar-refractivity contribution < 1.29 is 4.79 Å². The van der Waals surface area contributed by atoms with Gasteiger partial charge in [-0.25, -0.2) is 4.79 Å². The first kappa shape index (κ1) is 13.4. The standard InChI is InChI=1S/C12H18N2O3/c1-4-8(3)10(15)7-14-6-9(5-2)11(16)13-12(14)17/h6,8H,4-5,7H2,1-3H3,(H,13,16,17). The van der Waals surface area contributed by atoms with Crippen LogP contribution in [0.15, 0.2) is 15.8 Å². The zero-order valence-electron chi connectivity index (χ0n) is 10.4. The van der Waals surface area contributed by atoms with Gasteiger partial charge >= 0.3 is 5.69 Å². The minimum absolute atomic E-state index is 0.00343. The van der Waals surface area contributed by atoms with E-state index < -0.39 is 5.69 Å². The summed E-state index contributed by atoms with van der Waals surface area (Å²) < 4.78 is 1.27. The van der Waals surface area contributed by atoms with Crippen molar-refractivity contribution in [2.45, 2.75) is 40.2 Å². The summed E-state index contributed by atoms with van der Waals surface area (Å²) >= 11 is 0. The normalized spacial score (nSPS) is 12.4. The van der Waals surface area contributed by atoms with Gasteiger partial charge in [-0.15, -0.1) is 0 Å². The molecule has 0 radical (unpaired) electrons. The first-order chi connectivity index (χ1) is 7.99. The van der Waals surface area contributed by atoms with Crippen LogP contribution in [0.2, 0.25) is 0 Å². The Hall–Kier alpha value is -1.65. The number of Topliss-reactive ketones (excluding diaryl/α,β-unsaturated/α-hetero) is 1. The van der Waals surface area contributed by atoms with E-state index in [2.05, 4.69) is 4.98 Å². The molecule has 0 saturated carbocycles. The van der Waals surface area contributed by atoms with Gasteiger partial charge in [-0.2, -0.15) is 0 Å². The molecule has 1 heterocycles. The summed E-state index contributed by atoms with van der Waals surface area (Å²) in [6, 6.07) is 0. The minimum Gasteiger partial charge on any atom is -0.297 e. The van der Waals surface area contributed by atoms with E-state index in [0.717, 1.165) is 6.42 Å². The van der Waals surface area contributed by atoms with Crippen molar-refractivity contribution in [1.82, 2.24) is 9.55 Å². The summed E-state index contributed by atoms with van der Waals surface area (Å²) in [5.41, 5.74) is -0.379. The fourth-order valence-electron chi connectivity index (χ4n) is 1.48. The molecule has 0 saturated heterocycles. The van der Waals surface area contributed by atoms with Crippen molar-refractivity contribution in [1.29, 1.82) is 0 Å². The van der Waals surface area contributed by atoms with Crippen LogP contribution in [0.25, 0.3) is 0 Å². The van der Waals surface area contributed by atoms with E-state index in [1.165, 1.54) is 10.8 Å². The maximum absolute atomic E-state index is 11.7. The maximum atomic E-state index is 11.7. The van der Waals surface area contributed by atoms with E-state index in [1.807, 2.05) is 20.8 Å². The van der Waals surface area contributed by atoms with E-state index in [-0.39, 0.29) is 23.8 Å². The lowest BCUT2D eigenvalue weighted by molar-refractivity contribution is -0.123. The van der Waals surface area contributed by atoms with Gasteiger partial charge in [0.15, 0.2) is 5.78 Å². The number of hydrogen-bond donors (Lipinski definition) is 1. The largest absolute Gasteiger partial charge is 0.328 e. The Bertz CT molecular complexity index is 513. The van der Waals surface area contributed by atoms with Gasteiger partial charge in [-0.3, -0.25) is 19.1 Å². The van der Waals surface area contributed by atoms with E-state index >= 15 is 0 Å². The Labute approximate surface area is 99.5 Å². The molecule has 0 fully saturated rings. The SMILES string of the molecule is CCc1cn(CC(=O)C(C)CC)c(=O)[nH]c1=O. The molecular formula is C12H18N2O3. The van der Waals surface area contributed by atoms with E-state index in [1.54, 1.807) is 0 Å². The van der Waals surface area contributed by atoms with Crippen LogP contribution in [0.4, 0.5) is 0 Å². The molecule has 5 nitrogen and oxygen atoms in total. The van der Waals surface area contributed by atoms with Crippen LogP contribution in [0.5, 0.6) is 0 Å².